The summed E-state index contributed by atoms with van der Waals surface area (Å²) < 4.78 is 15.4. The van der Waals surface area contributed by atoms with E-state index in [1.807, 2.05) is 30.3 Å². The van der Waals surface area contributed by atoms with Crippen LogP contribution in [0.15, 0.2) is 59.4 Å². The van der Waals surface area contributed by atoms with Gasteiger partial charge in [0.2, 0.25) is 4.96 Å². The van der Waals surface area contributed by atoms with Gasteiger partial charge >= 0.3 is 0 Å². The maximum atomic E-state index is 13.7. The molecular formula is C17H10FN3OS. The topological polar surface area (TPSA) is 47.3 Å². The molecule has 4 nitrogen and oxygen atoms in total. The Balaban J connectivity index is 1.86. The Bertz CT molecular complexity index is 1100. The lowest BCUT2D eigenvalue weighted by atomic mass is 10.2. The van der Waals surface area contributed by atoms with Gasteiger partial charge in [0.1, 0.15) is 5.82 Å². The van der Waals surface area contributed by atoms with E-state index in [-0.39, 0.29) is 11.4 Å². The molecule has 2 heterocycles. The third kappa shape index (κ3) is 2.43. The van der Waals surface area contributed by atoms with Crippen LogP contribution in [0.1, 0.15) is 5.56 Å². The number of aromatic nitrogens is 3. The number of rotatable bonds is 2. The van der Waals surface area contributed by atoms with Gasteiger partial charge in [-0.1, -0.05) is 59.9 Å². The Morgan fingerprint density at radius 2 is 1.78 bits per heavy atom. The Morgan fingerprint density at radius 3 is 2.52 bits per heavy atom. The van der Waals surface area contributed by atoms with Gasteiger partial charge in [0, 0.05) is 11.1 Å². The van der Waals surface area contributed by atoms with E-state index in [9.17, 15) is 9.18 Å². The van der Waals surface area contributed by atoms with Crippen molar-refractivity contribution in [2.75, 3.05) is 0 Å². The van der Waals surface area contributed by atoms with Crippen LogP contribution >= 0.6 is 11.3 Å². The highest BCUT2D eigenvalue weighted by Crippen LogP contribution is 2.15. The molecule has 4 aromatic rings. The van der Waals surface area contributed by atoms with Gasteiger partial charge in [0.05, 0.1) is 4.53 Å². The van der Waals surface area contributed by atoms with Crippen molar-refractivity contribution in [2.24, 2.45) is 0 Å². The summed E-state index contributed by atoms with van der Waals surface area (Å²) in [5.74, 6) is 0.141. The smallest absolute Gasteiger partial charge is 0.266 e. The number of benzene rings is 2. The van der Waals surface area contributed by atoms with Crippen molar-refractivity contribution in [3.63, 3.8) is 0 Å². The minimum atomic E-state index is -0.365. The molecule has 0 saturated carbocycles. The van der Waals surface area contributed by atoms with Crippen LogP contribution in [-0.2, 0) is 0 Å². The monoisotopic (exact) mass is 323 g/mol. The van der Waals surface area contributed by atoms with Gasteiger partial charge in [-0.15, -0.1) is 5.10 Å². The summed E-state index contributed by atoms with van der Waals surface area (Å²) in [6, 6.07) is 15.8. The molecule has 112 valence electrons. The number of halogens is 1. The molecule has 0 aliphatic rings. The van der Waals surface area contributed by atoms with E-state index < -0.39 is 0 Å². The maximum absolute atomic E-state index is 13.7. The number of nitrogens with zero attached hydrogens (tertiary/aromatic N) is 3. The number of hydrogen-bond acceptors (Lipinski definition) is 4. The SMILES string of the molecule is O=c1/c(=C\c2ccccc2F)sc2nc(-c3ccccc3)nn12. The van der Waals surface area contributed by atoms with Crippen molar-refractivity contribution in [1.82, 2.24) is 14.6 Å². The second-order valence-corrected chi connectivity index (χ2v) is 5.94. The molecule has 2 aromatic heterocycles. The van der Waals surface area contributed by atoms with Crippen LogP contribution in [-0.4, -0.2) is 14.6 Å². The molecule has 0 aliphatic heterocycles. The molecule has 0 atom stereocenters. The molecule has 0 spiro atoms. The molecule has 0 amide bonds. The Labute approximate surface area is 134 Å². The molecule has 0 bridgehead atoms. The highest BCUT2D eigenvalue weighted by atomic mass is 32.1. The van der Waals surface area contributed by atoms with Gasteiger partial charge in [-0.2, -0.15) is 9.50 Å². The largest absolute Gasteiger partial charge is 0.291 e. The van der Waals surface area contributed by atoms with Crippen molar-refractivity contribution in [1.29, 1.82) is 0 Å². The molecular weight excluding hydrogens is 313 g/mol. The van der Waals surface area contributed by atoms with Crippen LogP contribution in [0.2, 0.25) is 0 Å². The summed E-state index contributed by atoms with van der Waals surface area (Å²) in [5.41, 5.74) is 0.933. The summed E-state index contributed by atoms with van der Waals surface area (Å²) >= 11 is 1.20. The van der Waals surface area contributed by atoms with Gasteiger partial charge in [-0.25, -0.2) is 4.39 Å². The molecule has 0 unspecified atom stereocenters. The first-order chi connectivity index (χ1) is 11.2. The Morgan fingerprint density at radius 1 is 1.04 bits per heavy atom. The maximum Gasteiger partial charge on any atom is 0.291 e. The second kappa shape index (κ2) is 5.40. The Hall–Kier alpha value is -2.86. The van der Waals surface area contributed by atoms with Crippen LogP contribution < -0.4 is 10.1 Å². The van der Waals surface area contributed by atoms with E-state index >= 15 is 0 Å². The fraction of sp³-hybridized carbons (Fsp3) is 0. The van der Waals surface area contributed by atoms with Crippen LogP contribution in [0.3, 0.4) is 0 Å². The van der Waals surface area contributed by atoms with Gasteiger partial charge in [0.15, 0.2) is 5.82 Å². The van der Waals surface area contributed by atoms with E-state index in [1.54, 1.807) is 18.2 Å². The average molecular weight is 323 g/mol. The van der Waals surface area contributed by atoms with Crippen molar-refractivity contribution in [3.8, 4) is 11.4 Å². The van der Waals surface area contributed by atoms with E-state index in [4.69, 9.17) is 0 Å². The quantitative estimate of drug-likeness (QED) is 0.569. The van der Waals surface area contributed by atoms with E-state index in [0.717, 1.165) is 5.56 Å². The molecule has 23 heavy (non-hydrogen) atoms. The first kappa shape index (κ1) is 13.8. The fourth-order valence-electron chi connectivity index (χ4n) is 2.28. The standard InChI is InChI=1S/C17H10FN3OS/c18-13-9-5-4-8-12(13)10-14-16(22)21-17(23-14)19-15(20-21)11-6-2-1-3-7-11/h1-10H/b14-10+. The number of fused-ring (bicyclic) bond motifs is 1. The number of thiazole rings is 1. The average Bonchev–Trinajstić information content (AvgIpc) is 3.11. The van der Waals surface area contributed by atoms with Crippen LogP contribution in [0.25, 0.3) is 22.4 Å². The van der Waals surface area contributed by atoms with Gasteiger partial charge < -0.3 is 0 Å². The van der Waals surface area contributed by atoms with Crippen LogP contribution in [0.5, 0.6) is 0 Å². The van der Waals surface area contributed by atoms with E-state index in [2.05, 4.69) is 10.1 Å². The van der Waals surface area contributed by atoms with Crippen molar-refractivity contribution < 1.29 is 4.39 Å². The van der Waals surface area contributed by atoms with Crippen molar-refractivity contribution >= 4 is 22.4 Å². The molecule has 2 aromatic carbocycles. The lowest BCUT2D eigenvalue weighted by Crippen LogP contribution is -2.23. The van der Waals surface area contributed by atoms with E-state index in [0.29, 0.717) is 20.9 Å². The lowest BCUT2D eigenvalue weighted by molar-refractivity contribution is 0.625. The second-order valence-electron chi connectivity index (χ2n) is 4.93. The van der Waals surface area contributed by atoms with Crippen LogP contribution in [0.4, 0.5) is 4.39 Å². The van der Waals surface area contributed by atoms with E-state index in [1.165, 1.54) is 28.0 Å². The molecule has 0 N–H and O–H groups in total. The minimum Gasteiger partial charge on any atom is -0.266 e. The lowest BCUT2D eigenvalue weighted by Gasteiger charge is -1.93. The van der Waals surface area contributed by atoms with Crippen molar-refractivity contribution in [3.05, 3.63) is 80.9 Å². The first-order valence-electron chi connectivity index (χ1n) is 6.93. The fourth-order valence-corrected chi connectivity index (χ4v) is 3.18. The highest BCUT2D eigenvalue weighted by Gasteiger charge is 2.11. The zero-order valence-corrected chi connectivity index (χ0v) is 12.6. The molecule has 0 radical (unpaired) electrons. The van der Waals surface area contributed by atoms with Gasteiger partial charge in [-0.05, 0) is 12.1 Å². The molecule has 0 fully saturated rings. The summed E-state index contributed by atoms with van der Waals surface area (Å²) in [7, 11) is 0. The zero-order valence-electron chi connectivity index (χ0n) is 11.8. The predicted molar refractivity (Wildman–Crippen MR) is 87.8 cm³/mol. The third-order valence-corrected chi connectivity index (χ3v) is 4.36. The summed E-state index contributed by atoms with van der Waals surface area (Å²) in [6.07, 6.45) is 1.53. The van der Waals surface area contributed by atoms with Gasteiger partial charge in [0.25, 0.3) is 5.56 Å². The predicted octanol–water partition coefficient (Wildman–Crippen LogP) is 2.50. The summed E-state index contributed by atoms with van der Waals surface area (Å²) in [6.45, 7) is 0. The van der Waals surface area contributed by atoms with Crippen molar-refractivity contribution in [2.45, 2.75) is 0 Å². The van der Waals surface area contributed by atoms with Gasteiger partial charge in [-0.3, -0.25) is 4.79 Å². The number of hydrogen-bond donors (Lipinski definition) is 0. The summed E-state index contributed by atoms with van der Waals surface area (Å²) in [5, 5.41) is 4.26. The molecule has 0 saturated heterocycles. The molecule has 4 rings (SSSR count). The van der Waals surface area contributed by atoms with Crippen LogP contribution in [0, 0.1) is 5.82 Å². The highest BCUT2D eigenvalue weighted by molar-refractivity contribution is 7.15. The Kier molecular flexibility index (Phi) is 3.24. The molecule has 0 aliphatic carbocycles. The normalized spacial score (nSPS) is 12.1. The minimum absolute atomic E-state index is 0.289. The third-order valence-electron chi connectivity index (χ3n) is 3.41. The summed E-state index contributed by atoms with van der Waals surface area (Å²) in [4.78, 5) is 17.3. The first-order valence-corrected chi connectivity index (χ1v) is 7.75. The zero-order chi connectivity index (χ0) is 15.8. The molecule has 6 heteroatoms.